The van der Waals surface area contributed by atoms with E-state index in [1.54, 1.807) is 24.3 Å². The van der Waals surface area contributed by atoms with Crippen molar-refractivity contribution in [1.29, 1.82) is 0 Å². The van der Waals surface area contributed by atoms with Crippen molar-refractivity contribution < 1.29 is 14.3 Å². The van der Waals surface area contributed by atoms with Crippen molar-refractivity contribution in [3.05, 3.63) is 71.3 Å². The van der Waals surface area contributed by atoms with Gasteiger partial charge < -0.3 is 10.1 Å². The standard InChI is InChI=1S/C20H22N2O3/c1-15-7-9-17(10-8-15)20(24)21-19(22-11-13-25-14-12-22)18(23)16-5-3-2-4-6-16/h2-10,19H,11-14H2,1H3,(H,21,24). The second-order valence-corrected chi connectivity index (χ2v) is 6.12. The first-order chi connectivity index (χ1) is 12.1. The highest BCUT2D eigenvalue weighted by atomic mass is 16.5. The Kier molecular flexibility index (Phi) is 5.58. The van der Waals surface area contributed by atoms with Gasteiger partial charge in [-0.15, -0.1) is 0 Å². The van der Waals surface area contributed by atoms with E-state index in [-0.39, 0.29) is 11.7 Å². The van der Waals surface area contributed by atoms with Crippen molar-refractivity contribution in [2.24, 2.45) is 0 Å². The van der Waals surface area contributed by atoms with Gasteiger partial charge in [-0.05, 0) is 19.1 Å². The van der Waals surface area contributed by atoms with Crippen LogP contribution >= 0.6 is 0 Å². The summed E-state index contributed by atoms with van der Waals surface area (Å²) in [5, 5.41) is 2.90. The Balaban J connectivity index is 1.81. The summed E-state index contributed by atoms with van der Waals surface area (Å²) in [6, 6.07) is 16.4. The topological polar surface area (TPSA) is 58.6 Å². The first-order valence-electron chi connectivity index (χ1n) is 8.44. The van der Waals surface area contributed by atoms with Crippen LogP contribution in [0, 0.1) is 6.92 Å². The van der Waals surface area contributed by atoms with Gasteiger partial charge in [-0.25, -0.2) is 0 Å². The summed E-state index contributed by atoms with van der Waals surface area (Å²) in [5.74, 6) is -0.358. The number of ketones is 1. The van der Waals surface area contributed by atoms with Crippen LogP contribution in [0.2, 0.25) is 0 Å². The Labute approximate surface area is 147 Å². The first kappa shape index (κ1) is 17.3. The summed E-state index contributed by atoms with van der Waals surface area (Å²) in [5.41, 5.74) is 2.22. The molecule has 5 heteroatoms. The normalized spacial score (nSPS) is 16.2. The minimum atomic E-state index is -0.694. The summed E-state index contributed by atoms with van der Waals surface area (Å²) in [6.45, 7) is 4.30. The molecule has 3 rings (SSSR count). The minimum absolute atomic E-state index is 0.108. The number of morpholine rings is 1. The molecule has 1 N–H and O–H groups in total. The van der Waals surface area contributed by atoms with Gasteiger partial charge in [0, 0.05) is 24.2 Å². The predicted octanol–water partition coefficient (Wildman–Crippen LogP) is 2.27. The van der Waals surface area contributed by atoms with E-state index in [2.05, 4.69) is 5.32 Å². The summed E-state index contributed by atoms with van der Waals surface area (Å²) < 4.78 is 5.37. The SMILES string of the molecule is Cc1ccc(C(=O)NC(C(=O)c2ccccc2)N2CCOCC2)cc1. The van der Waals surface area contributed by atoms with Crippen LogP contribution in [0.3, 0.4) is 0 Å². The maximum Gasteiger partial charge on any atom is 0.252 e. The molecule has 0 radical (unpaired) electrons. The fraction of sp³-hybridized carbons (Fsp3) is 0.300. The van der Waals surface area contributed by atoms with Gasteiger partial charge in [0.05, 0.1) is 13.2 Å². The third-order valence-electron chi connectivity index (χ3n) is 4.30. The Morgan fingerprint density at radius 2 is 1.60 bits per heavy atom. The third-order valence-corrected chi connectivity index (χ3v) is 4.30. The minimum Gasteiger partial charge on any atom is -0.379 e. The lowest BCUT2D eigenvalue weighted by atomic mass is 10.1. The van der Waals surface area contributed by atoms with E-state index in [0.717, 1.165) is 5.56 Å². The Morgan fingerprint density at radius 1 is 0.960 bits per heavy atom. The van der Waals surface area contributed by atoms with Crippen molar-refractivity contribution in [2.45, 2.75) is 13.1 Å². The van der Waals surface area contributed by atoms with Crippen LogP contribution in [-0.2, 0) is 4.74 Å². The van der Waals surface area contributed by atoms with Crippen LogP contribution in [0.25, 0.3) is 0 Å². The lowest BCUT2D eigenvalue weighted by molar-refractivity contribution is 0.0111. The smallest absolute Gasteiger partial charge is 0.252 e. The molecule has 0 spiro atoms. The van der Waals surface area contributed by atoms with Gasteiger partial charge in [0.1, 0.15) is 6.17 Å². The average molecular weight is 338 g/mol. The van der Waals surface area contributed by atoms with Crippen LogP contribution in [0.1, 0.15) is 26.3 Å². The van der Waals surface area contributed by atoms with Gasteiger partial charge in [-0.1, -0.05) is 48.0 Å². The molecule has 1 aliphatic heterocycles. The fourth-order valence-corrected chi connectivity index (χ4v) is 2.83. The molecule has 1 amide bonds. The molecule has 1 unspecified atom stereocenters. The molecule has 0 saturated carbocycles. The summed E-state index contributed by atoms with van der Waals surface area (Å²) in [7, 11) is 0. The summed E-state index contributed by atoms with van der Waals surface area (Å²) >= 11 is 0. The van der Waals surface area contributed by atoms with Crippen molar-refractivity contribution in [1.82, 2.24) is 10.2 Å². The van der Waals surface area contributed by atoms with E-state index in [1.165, 1.54) is 0 Å². The van der Waals surface area contributed by atoms with Crippen molar-refractivity contribution >= 4 is 11.7 Å². The lowest BCUT2D eigenvalue weighted by Crippen LogP contribution is -2.56. The van der Waals surface area contributed by atoms with Crippen LogP contribution in [0.4, 0.5) is 0 Å². The molecular weight excluding hydrogens is 316 g/mol. The van der Waals surface area contributed by atoms with E-state index in [4.69, 9.17) is 4.74 Å². The van der Waals surface area contributed by atoms with Gasteiger partial charge in [0.2, 0.25) is 0 Å². The molecule has 5 nitrogen and oxygen atoms in total. The van der Waals surface area contributed by atoms with Crippen LogP contribution in [0.5, 0.6) is 0 Å². The number of carbonyl (C=O) groups is 2. The quantitative estimate of drug-likeness (QED) is 0.850. The first-order valence-corrected chi connectivity index (χ1v) is 8.44. The number of rotatable bonds is 5. The molecule has 0 aromatic heterocycles. The van der Waals surface area contributed by atoms with Crippen molar-refractivity contribution in [2.75, 3.05) is 26.3 Å². The number of hydrogen-bond acceptors (Lipinski definition) is 4. The molecule has 0 aliphatic carbocycles. The molecule has 1 heterocycles. The predicted molar refractivity (Wildman–Crippen MR) is 95.6 cm³/mol. The molecule has 0 bridgehead atoms. The number of nitrogens with zero attached hydrogens (tertiary/aromatic N) is 1. The molecular formula is C20H22N2O3. The number of ether oxygens (including phenoxy) is 1. The third kappa shape index (κ3) is 4.32. The zero-order chi connectivity index (χ0) is 17.6. The maximum absolute atomic E-state index is 13.0. The van der Waals surface area contributed by atoms with Gasteiger partial charge in [0.15, 0.2) is 5.78 Å². The highest BCUT2D eigenvalue weighted by molar-refractivity contribution is 6.04. The lowest BCUT2D eigenvalue weighted by Gasteiger charge is -2.33. The van der Waals surface area contributed by atoms with Gasteiger partial charge in [-0.3, -0.25) is 14.5 Å². The number of nitrogens with one attached hydrogen (secondary N) is 1. The highest BCUT2D eigenvalue weighted by Gasteiger charge is 2.29. The van der Waals surface area contributed by atoms with E-state index in [9.17, 15) is 9.59 Å². The number of hydrogen-bond donors (Lipinski definition) is 1. The van der Waals surface area contributed by atoms with Gasteiger partial charge >= 0.3 is 0 Å². The number of Topliss-reactive ketones (excluding diaryl/α,β-unsaturated/α-hetero) is 1. The Morgan fingerprint density at radius 3 is 2.24 bits per heavy atom. The zero-order valence-electron chi connectivity index (χ0n) is 14.3. The highest BCUT2D eigenvalue weighted by Crippen LogP contribution is 2.11. The van der Waals surface area contributed by atoms with E-state index >= 15 is 0 Å². The van der Waals surface area contributed by atoms with E-state index < -0.39 is 6.17 Å². The average Bonchev–Trinajstić information content (AvgIpc) is 2.67. The molecule has 25 heavy (non-hydrogen) atoms. The largest absolute Gasteiger partial charge is 0.379 e. The maximum atomic E-state index is 13.0. The molecule has 2 aromatic rings. The zero-order valence-corrected chi connectivity index (χ0v) is 14.3. The number of carbonyl (C=O) groups excluding carboxylic acids is 2. The molecule has 2 aromatic carbocycles. The Hall–Kier alpha value is -2.50. The van der Waals surface area contributed by atoms with E-state index in [0.29, 0.717) is 37.4 Å². The molecule has 1 atom stereocenters. The van der Waals surface area contributed by atoms with Crippen LogP contribution in [-0.4, -0.2) is 49.1 Å². The molecule has 1 fully saturated rings. The number of aryl methyl sites for hydroxylation is 1. The van der Waals surface area contributed by atoms with E-state index in [1.807, 2.05) is 42.2 Å². The molecule has 130 valence electrons. The van der Waals surface area contributed by atoms with Crippen LogP contribution < -0.4 is 5.32 Å². The number of benzene rings is 2. The second kappa shape index (κ2) is 8.05. The monoisotopic (exact) mass is 338 g/mol. The van der Waals surface area contributed by atoms with Crippen molar-refractivity contribution in [3.8, 4) is 0 Å². The molecule has 1 saturated heterocycles. The Bertz CT molecular complexity index is 722. The van der Waals surface area contributed by atoms with Gasteiger partial charge in [0.25, 0.3) is 5.91 Å². The fourth-order valence-electron chi connectivity index (χ4n) is 2.83. The molecule has 1 aliphatic rings. The van der Waals surface area contributed by atoms with Gasteiger partial charge in [-0.2, -0.15) is 0 Å². The van der Waals surface area contributed by atoms with Crippen LogP contribution in [0.15, 0.2) is 54.6 Å². The summed E-state index contributed by atoms with van der Waals surface area (Å²) in [6.07, 6.45) is -0.694. The second-order valence-electron chi connectivity index (χ2n) is 6.12. The summed E-state index contributed by atoms with van der Waals surface area (Å²) in [4.78, 5) is 27.6. The van der Waals surface area contributed by atoms with Crippen molar-refractivity contribution in [3.63, 3.8) is 0 Å². The number of amides is 1.